The summed E-state index contributed by atoms with van der Waals surface area (Å²) in [7, 11) is 0. The van der Waals surface area contributed by atoms with E-state index in [1.54, 1.807) is 0 Å². The van der Waals surface area contributed by atoms with Gasteiger partial charge in [-0.1, -0.05) is 0 Å². The molecule has 22 heavy (non-hydrogen) atoms. The molecule has 0 aliphatic carbocycles. The van der Waals surface area contributed by atoms with Crippen molar-refractivity contribution in [2.75, 3.05) is 5.75 Å². The molecule has 2 heterocycles. The summed E-state index contributed by atoms with van der Waals surface area (Å²) >= 11 is 1.20. The molecule has 0 radical (unpaired) electrons. The molecule has 8 heteroatoms. The molecule has 2 aliphatic heterocycles. The first-order chi connectivity index (χ1) is 10.5. The fourth-order valence-corrected chi connectivity index (χ4v) is 4.29. The van der Waals surface area contributed by atoms with Crippen LogP contribution in [0.1, 0.15) is 19.8 Å². The van der Waals surface area contributed by atoms with E-state index in [9.17, 15) is 24.6 Å². The Morgan fingerprint density at radius 2 is 2.27 bits per heavy atom. The summed E-state index contributed by atoms with van der Waals surface area (Å²) in [6.45, 7) is 1.49. The molecule has 2 rings (SSSR count). The van der Waals surface area contributed by atoms with Crippen molar-refractivity contribution < 1.29 is 24.6 Å². The second-order valence-electron chi connectivity index (χ2n) is 5.25. The maximum absolute atomic E-state index is 12.1. The standard InChI is InChI=1S/C14H16N2O5S/c1-7(18)9-10-8(3-5-17)12(22-6-2-4-15)11(14(20)21)16(10)13(9)19/h5,7-10,18H,2-3,6H2,1H3,(H,20,21)/t7-,8-,9-,10-/m1/s1. The highest BCUT2D eigenvalue weighted by Gasteiger charge is 2.60. The Kier molecular flexibility index (Phi) is 4.88. The molecule has 0 aromatic heterocycles. The van der Waals surface area contributed by atoms with Crippen LogP contribution in [0.4, 0.5) is 0 Å². The molecule has 4 atom stereocenters. The molecular formula is C14H16N2O5S. The molecule has 1 saturated heterocycles. The summed E-state index contributed by atoms with van der Waals surface area (Å²) in [5.74, 6) is -2.37. The molecule has 2 aliphatic rings. The van der Waals surface area contributed by atoms with Crippen LogP contribution < -0.4 is 0 Å². The van der Waals surface area contributed by atoms with Crippen LogP contribution in [0.3, 0.4) is 0 Å². The number of aliphatic hydroxyl groups excluding tert-OH is 1. The minimum Gasteiger partial charge on any atom is -0.477 e. The number of fused-ring (bicyclic) bond motifs is 1. The van der Waals surface area contributed by atoms with Crippen molar-refractivity contribution in [2.45, 2.75) is 31.9 Å². The topological polar surface area (TPSA) is 119 Å². The van der Waals surface area contributed by atoms with Crippen LogP contribution in [-0.4, -0.2) is 51.2 Å². The maximum atomic E-state index is 12.1. The van der Waals surface area contributed by atoms with Gasteiger partial charge < -0.3 is 19.9 Å². The number of aliphatic carboxylic acids is 1. The lowest BCUT2D eigenvalue weighted by Crippen LogP contribution is -2.63. The third-order valence-corrected chi connectivity index (χ3v) is 5.17. The highest BCUT2D eigenvalue weighted by atomic mass is 32.2. The Balaban J connectivity index is 2.37. The van der Waals surface area contributed by atoms with Gasteiger partial charge in [-0.25, -0.2) is 4.79 Å². The van der Waals surface area contributed by atoms with Crippen molar-refractivity contribution >= 4 is 29.9 Å². The van der Waals surface area contributed by atoms with Crippen molar-refractivity contribution in [1.82, 2.24) is 4.90 Å². The number of β-lactam (4-membered cyclic amide) rings is 1. The average Bonchev–Trinajstić information content (AvgIpc) is 2.70. The van der Waals surface area contributed by atoms with E-state index in [-0.39, 0.29) is 18.5 Å². The van der Waals surface area contributed by atoms with Gasteiger partial charge in [0.2, 0.25) is 5.91 Å². The van der Waals surface area contributed by atoms with E-state index in [1.807, 2.05) is 6.07 Å². The van der Waals surface area contributed by atoms with E-state index in [0.29, 0.717) is 16.9 Å². The number of hydrogen-bond acceptors (Lipinski definition) is 6. The van der Waals surface area contributed by atoms with Gasteiger partial charge in [-0.3, -0.25) is 4.79 Å². The third kappa shape index (κ3) is 2.51. The van der Waals surface area contributed by atoms with Gasteiger partial charge in [0.25, 0.3) is 0 Å². The molecule has 0 unspecified atom stereocenters. The Bertz CT molecular complexity index is 580. The minimum atomic E-state index is -1.23. The fourth-order valence-electron chi connectivity index (χ4n) is 3.10. The van der Waals surface area contributed by atoms with Crippen molar-refractivity contribution in [1.29, 1.82) is 5.26 Å². The monoisotopic (exact) mass is 324 g/mol. The summed E-state index contributed by atoms with van der Waals surface area (Å²) < 4.78 is 0. The largest absolute Gasteiger partial charge is 0.477 e. The lowest BCUT2D eigenvalue weighted by molar-refractivity contribution is -0.163. The summed E-state index contributed by atoms with van der Waals surface area (Å²) in [6, 6.07) is 1.48. The summed E-state index contributed by atoms with van der Waals surface area (Å²) in [4.78, 5) is 36.3. The molecule has 1 amide bonds. The Labute approximate surface area is 131 Å². The van der Waals surface area contributed by atoms with Crippen LogP contribution in [0, 0.1) is 23.2 Å². The Morgan fingerprint density at radius 3 is 2.77 bits per heavy atom. The molecular weight excluding hydrogens is 308 g/mol. The predicted molar refractivity (Wildman–Crippen MR) is 77.3 cm³/mol. The third-order valence-electron chi connectivity index (χ3n) is 3.96. The second kappa shape index (κ2) is 6.50. The zero-order valence-electron chi connectivity index (χ0n) is 11.9. The van der Waals surface area contributed by atoms with Crippen LogP contribution in [-0.2, 0) is 14.4 Å². The van der Waals surface area contributed by atoms with Crippen molar-refractivity contribution in [3.8, 4) is 6.07 Å². The van der Waals surface area contributed by atoms with Crippen LogP contribution in [0.2, 0.25) is 0 Å². The lowest BCUT2D eigenvalue weighted by Gasteiger charge is -2.46. The van der Waals surface area contributed by atoms with Gasteiger partial charge in [-0.15, -0.1) is 11.8 Å². The van der Waals surface area contributed by atoms with Crippen LogP contribution in [0.5, 0.6) is 0 Å². The Hall–Kier alpha value is -1.85. The van der Waals surface area contributed by atoms with Crippen LogP contribution >= 0.6 is 11.8 Å². The predicted octanol–water partition coefficient (Wildman–Crippen LogP) is 0.356. The van der Waals surface area contributed by atoms with Gasteiger partial charge >= 0.3 is 5.97 Å². The number of nitriles is 1. The minimum absolute atomic E-state index is 0.0866. The lowest BCUT2D eigenvalue weighted by atomic mass is 9.77. The number of rotatable bonds is 7. The average molecular weight is 324 g/mol. The fraction of sp³-hybridized carbons (Fsp3) is 0.571. The quantitative estimate of drug-likeness (QED) is 0.394. The molecule has 118 valence electrons. The SMILES string of the molecule is C[C@@H](O)[C@H]1C(=O)N2C(C(=O)O)=C(SCCC#N)[C@H](CC=O)[C@H]12. The number of amides is 1. The van der Waals surface area contributed by atoms with Crippen molar-refractivity contribution in [3.05, 3.63) is 10.6 Å². The van der Waals surface area contributed by atoms with Crippen LogP contribution in [0.25, 0.3) is 0 Å². The number of thioether (sulfide) groups is 1. The number of nitrogens with zero attached hydrogens (tertiary/aromatic N) is 2. The number of aldehydes is 1. The summed E-state index contributed by atoms with van der Waals surface area (Å²) in [5, 5.41) is 27.8. The number of carboxylic acid groups (broad SMARTS) is 1. The van der Waals surface area contributed by atoms with E-state index < -0.39 is 35.9 Å². The number of carbonyl (C=O) groups excluding carboxylic acids is 2. The molecule has 1 fully saturated rings. The summed E-state index contributed by atoms with van der Waals surface area (Å²) in [6.07, 6.45) is 0.123. The normalized spacial score (nSPS) is 28.0. The van der Waals surface area contributed by atoms with E-state index >= 15 is 0 Å². The van der Waals surface area contributed by atoms with Gasteiger partial charge in [0.05, 0.1) is 24.1 Å². The first-order valence-corrected chi connectivity index (χ1v) is 7.86. The molecule has 0 spiro atoms. The molecule has 0 aromatic rings. The number of aliphatic hydroxyl groups is 1. The van der Waals surface area contributed by atoms with Gasteiger partial charge in [0.15, 0.2) is 0 Å². The Morgan fingerprint density at radius 1 is 1.59 bits per heavy atom. The molecule has 0 saturated carbocycles. The highest BCUT2D eigenvalue weighted by Crippen LogP contribution is 2.51. The van der Waals surface area contributed by atoms with Gasteiger partial charge in [0, 0.05) is 29.4 Å². The first kappa shape index (κ1) is 16.5. The molecule has 7 nitrogen and oxygen atoms in total. The van der Waals surface area contributed by atoms with Gasteiger partial charge in [-0.2, -0.15) is 5.26 Å². The molecule has 2 N–H and O–H groups in total. The number of carboxylic acids is 1. The first-order valence-electron chi connectivity index (χ1n) is 6.87. The molecule has 0 bridgehead atoms. The van der Waals surface area contributed by atoms with E-state index in [4.69, 9.17) is 5.26 Å². The zero-order valence-corrected chi connectivity index (χ0v) is 12.7. The highest BCUT2D eigenvalue weighted by molar-refractivity contribution is 8.03. The zero-order chi connectivity index (χ0) is 16.4. The smallest absolute Gasteiger partial charge is 0.353 e. The van der Waals surface area contributed by atoms with Crippen LogP contribution in [0.15, 0.2) is 10.6 Å². The van der Waals surface area contributed by atoms with E-state index in [0.717, 1.165) is 0 Å². The van der Waals surface area contributed by atoms with Crippen molar-refractivity contribution in [2.24, 2.45) is 11.8 Å². The molecule has 0 aromatic carbocycles. The van der Waals surface area contributed by atoms with Gasteiger partial charge in [-0.05, 0) is 6.92 Å². The second-order valence-corrected chi connectivity index (χ2v) is 6.39. The van der Waals surface area contributed by atoms with Gasteiger partial charge in [0.1, 0.15) is 12.0 Å². The maximum Gasteiger partial charge on any atom is 0.353 e. The van der Waals surface area contributed by atoms with E-state index in [2.05, 4.69) is 0 Å². The van der Waals surface area contributed by atoms with E-state index in [1.165, 1.54) is 23.6 Å². The summed E-state index contributed by atoms with van der Waals surface area (Å²) in [5.41, 5.74) is -0.110. The number of hydrogen-bond donors (Lipinski definition) is 2. The number of carbonyl (C=O) groups is 3. The van der Waals surface area contributed by atoms with Crippen molar-refractivity contribution in [3.63, 3.8) is 0 Å².